The van der Waals surface area contributed by atoms with Gasteiger partial charge >= 0.3 is 5.97 Å². The predicted molar refractivity (Wildman–Crippen MR) is 69.2 cm³/mol. The summed E-state index contributed by atoms with van der Waals surface area (Å²) in [5, 5.41) is 12.5. The molecule has 0 unspecified atom stereocenters. The summed E-state index contributed by atoms with van der Waals surface area (Å²) in [6.07, 6.45) is 0. The van der Waals surface area contributed by atoms with E-state index in [0.29, 0.717) is 17.3 Å². The van der Waals surface area contributed by atoms with Crippen LogP contribution >= 0.6 is 11.6 Å². The minimum atomic E-state index is -1.07. The zero-order valence-electron chi connectivity index (χ0n) is 9.74. The lowest BCUT2D eigenvalue weighted by atomic mass is 10.2. The number of hydrogen-bond donors (Lipinski definition) is 2. The van der Waals surface area contributed by atoms with Crippen molar-refractivity contribution in [3.05, 3.63) is 52.4 Å². The van der Waals surface area contributed by atoms with Crippen LogP contribution < -0.4 is 5.32 Å². The molecule has 4 nitrogen and oxygen atoms in total. The van der Waals surface area contributed by atoms with Crippen LogP contribution in [0.3, 0.4) is 0 Å². The van der Waals surface area contributed by atoms with Crippen LogP contribution in [0, 0.1) is 6.92 Å². The fourth-order valence-electron chi connectivity index (χ4n) is 1.55. The molecular formula is C13H12ClNO3. The Bertz CT molecular complexity index is 577. The maximum Gasteiger partial charge on any atom is 0.371 e. The zero-order valence-corrected chi connectivity index (χ0v) is 10.5. The molecule has 2 rings (SSSR count). The van der Waals surface area contributed by atoms with E-state index in [0.717, 1.165) is 11.3 Å². The zero-order chi connectivity index (χ0) is 13.1. The van der Waals surface area contributed by atoms with Crippen molar-refractivity contribution >= 4 is 23.3 Å². The molecular weight excluding hydrogens is 254 g/mol. The molecule has 1 aromatic heterocycles. The number of carbonyl (C=O) groups is 1. The molecule has 1 heterocycles. The maximum atomic E-state index is 10.7. The van der Waals surface area contributed by atoms with Crippen LogP contribution in [0.25, 0.3) is 0 Å². The van der Waals surface area contributed by atoms with Gasteiger partial charge < -0.3 is 14.8 Å². The standard InChI is InChI=1S/C13H12ClNO3/c1-8-2-3-9(14)6-11(8)15-7-10-4-5-12(18-10)13(16)17/h2-6,15H,7H2,1H3,(H,16,17). The maximum absolute atomic E-state index is 10.7. The Morgan fingerprint density at radius 2 is 2.17 bits per heavy atom. The average molecular weight is 266 g/mol. The molecule has 5 heteroatoms. The van der Waals surface area contributed by atoms with Crippen molar-refractivity contribution < 1.29 is 14.3 Å². The summed E-state index contributed by atoms with van der Waals surface area (Å²) < 4.78 is 5.14. The second-order valence-electron chi connectivity index (χ2n) is 3.88. The molecule has 0 aliphatic heterocycles. The van der Waals surface area contributed by atoms with Crippen molar-refractivity contribution in [3.8, 4) is 0 Å². The average Bonchev–Trinajstić information content (AvgIpc) is 2.79. The van der Waals surface area contributed by atoms with Crippen LogP contribution in [0.5, 0.6) is 0 Å². The van der Waals surface area contributed by atoms with Crippen molar-refractivity contribution in [1.82, 2.24) is 0 Å². The van der Waals surface area contributed by atoms with Gasteiger partial charge in [0.2, 0.25) is 5.76 Å². The molecule has 0 saturated heterocycles. The van der Waals surface area contributed by atoms with Gasteiger partial charge in [0.1, 0.15) is 5.76 Å². The lowest BCUT2D eigenvalue weighted by Gasteiger charge is -2.08. The smallest absolute Gasteiger partial charge is 0.371 e. The number of carboxylic acids is 1. The molecule has 94 valence electrons. The Morgan fingerprint density at radius 1 is 1.39 bits per heavy atom. The van der Waals surface area contributed by atoms with Gasteiger partial charge in [-0.15, -0.1) is 0 Å². The first-order chi connectivity index (χ1) is 8.56. The molecule has 0 spiro atoms. The molecule has 18 heavy (non-hydrogen) atoms. The monoisotopic (exact) mass is 265 g/mol. The number of nitrogens with one attached hydrogen (secondary N) is 1. The highest BCUT2D eigenvalue weighted by atomic mass is 35.5. The van der Waals surface area contributed by atoms with E-state index >= 15 is 0 Å². The summed E-state index contributed by atoms with van der Waals surface area (Å²) in [5.41, 5.74) is 1.96. The molecule has 0 radical (unpaired) electrons. The van der Waals surface area contributed by atoms with Gasteiger partial charge in [-0.1, -0.05) is 17.7 Å². The van der Waals surface area contributed by atoms with E-state index in [1.165, 1.54) is 6.07 Å². The third-order valence-electron chi connectivity index (χ3n) is 2.53. The van der Waals surface area contributed by atoms with Gasteiger partial charge in [0.25, 0.3) is 0 Å². The molecule has 1 aromatic carbocycles. The molecule has 0 amide bonds. The quantitative estimate of drug-likeness (QED) is 0.887. The summed E-state index contributed by atoms with van der Waals surface area (Å²) in [7, 11) is 0. The van der Waals surface area contributed by atoms with Gasteiger partial charge in [0.15, 0.2) is 0 Å². The number of aromatic carboxylic acids is 1. The Labute approximate surface area is 109 Å². The lowest BCUT2D eigenvalue weighted by Crippen LogP contribution is -2.00. The second kappa shape index (κ2) is 5.14. The number of hydrogen-bond acceptors (Lipinski definition) is 3. The Kier molecular flexibility index (Phi) is 3.58. The fourth-order valence-corrected chi connectivity index (χ4v) is 1.73. The molecule has 2 aromatic rings. The summed E-state index contributed by atoms with van der Waals surface area (Å²) in [6.45, 7) is 2.37. The van der Waals surface area contributed by atoms with Crippen molar-refractivity contribution in [2.75, 3.05) is 5.32 Å². The highest BCUT2D eigenvalue weighted by Crippen LogP contribution is 2.21. The minimum Gasteiger partial charge on any atom is -0.475 e. The van der Waals surface area contributed by atoms with Crippen LogP contribution in [-0.4, -0.2) is 11.1 Å². The third kappa shape index (κ3) is 2.84. The normalized spacial score (nSPS) is 10.3. The molecule has 2 N–H and O–H groups in total. The first kappa shape index (κ1) is 12.5. The van der Waals surface area contributed by atoms with Crippen LogP contribution in [-0.2, 0) is 6.54 Å². The summed E-state index contributed by atoms with van der Waals surface area (Å²) in [5.74, 6) is -0.568. The largest absolute Gasteiger partial charge is 0.475 e. The van der Waals surface area contributed by atoms with E-state index in [4.69, 9.17) is 21.1 Å². The van der Waals surface area contributed by atoms with E-state index in [9.17, 15) is 4.79 Å². The van der Waals surface area contributed by atoms with Crippen LogP contribution in [0.1, 0.15) is 21.9 Å². The van der Waals surface area contributed by atoms with Gasteiger partial charge in [-0.2, -0.15) is 0 Å². The van der Waals surface area contributed by atoms with Crippen LogP contribution in [0.2, 0.25) is 5.02 Å². The predicted octanol–water partition coefficient (Wildman–Crippen LogP) is 3.55. The van der Waals surface area contributed by atoms with Gasteiger partial charge in [0.05, 0.1) is 6.54 Å². The molecule has 0 atom stereocenters. The second-order valence-corrected chi connectivity index (χ2v) is 4.32. The van der Waals surface area contributed by atoms with E-state index < -0.39 is 5.97 Å². The van der Waals surface area contributed by atoms with Gasteiger partial charge in [0, 0.05) is 10.7 Å². The number of rotatable bonds is 4. The summed E-state index contributed by atoms with van der Waals surface area (Å²) in [6, 6.07) is 8.62. The molecule has 0 aliphatic rings. The van der Waals surface area contributed by atoms with Crippen molar-refractivity contribution in [1.29, 1.82) is 0 Å². The lowest BCUT2D eigenvalue weighted by molar-refractivity contribution is 0.0660. The molecule has 0 aliphatic carbocycles. The van der Waals surface area contributed by atoms with Crippen LogP contribution in [0.15, 0.2) is 34.7 Å². The Hall–Kier alpha value is -1.94. The highest BCUT2D eigenvalue weighted by Gasteiger charge is 2.08. The Morgan fingerprint density at radius 3 is 2.83 bits per heavy atom. The number of aryl methyl sites for hydroxylation is 1. The minimum absolute atomic E-state index is 0.0605. The third-order valence-corrected chi connectivity index (χ3v) is 2.76. The van der Waals surface area contributed by atoms with E-state index in [1.54, 1.807) is 6.07 Å². The Balaban J connectivity index is 2.06. The van der Waals surface area contributed by atoms with E-state index in [1.807, 2.05) is 25.1 Å². The highest BCUT2D eigenvalue weighted by molar-refractivity contribution is 6.30. The van der Waals surface area contributed by atoms with Crippen molar-refractivity contribution in [2.45, 2.75) is 13.5 Å². The summed E-state index contributed by atoms with van der Waals surface area (Å²) in [4.78, 5) is 10.7. The van der Waals surface area contributed by atoms with E-state index in [2.05, 4.69) is 5.32 Å². The number of carboxylic acid groups (broad SMARTS) is 1. The topological polar surface area (TPSA) is 62.5 Å². The van der Waals surface area contributed by atoms with Crippen LogP contribution in [0.4, 0.5) is 5.69 Å². The van der Waals surface area contributed by atoms with Gasteiger partial charge in [-0.25, -0.2) is 4.79 Å². The molecule has 0 fully saturated rings. The summed E-state index contributed by atoms with van der Waals surface area (Å²) >= 11 is 5.90. The molecule has 0 saturated carbocycles. The fraction of sp³-hybridized carbons (Fsp3) is 0.154. The van der Waals surface area contributed by atoms with Gasteiger partial charge in [-0.3, -0.25) is 0 Å². The number of anilines is 1. The van der Waals surface area contributed by atoms with Crippen molar-refractivity contribution in [2.24, 2.45) is 0 Å². The molecule has 0 bridgehead atoms. The van der Waals surface area contributed by atoms with E-state index in [-0.39, 0.29) is 5.76 Å². The number of benzene rings is 1. The first-order valence-electron chi connectivity index (χ1n) is 5.38. The van der Waals surface area contributed by atoms with Crippen molar-refractivity contribution in [3.63, 3.8) is 0 Å². The number of furan rings is 1. The number of halogens is 1. The first-order valence-corrected chi connectivity index (χ1v) is 5.76. The SMILES string of the molecule is Cc1ccc(Cl)cc1NCc1ccc(C(=O)O)o1. The van der Waals surface area contributed by atoms with Gasteiger partial charge in [-0.05, 0) is 36.8 Å².